The summed E-state index contributed by atoms with van der Waals surface area (Å²) in [5, 5.41) is 3.86. The molecule has 0 bridgehead atoms. The van der Waals surface area contributed by atoms with E-state index in [9.17, 15) is 0 Å². The van der Waals surface area contributed by atoms with Gasteiger partial charge in [-0.15, -0.1) is 0 Å². The van der Waals surface area contributed by atoms with E-state index in [1.54, 1.807) is 0 Å². The minimum absolute atomic E-state index is 0.0443. The van der Waals surface area contributed by atoms with Crippen LogP contribution in [0.4, 0.5) is 0 Å². The number of rotatable bonds is 2. The molecule has 0 radical (unpaired) electrons. The van der Waals surface area contributed by atoms with Crippen molar-refractivity contribution < 1.29 is 0 Å². The van der Waals surface area contributed by atoms with Gasteiger partial charge in [-0.25, -0.2) is 0 Å². The third-order valence-corrected chi connectivity index (χ3v) is 8.12. The molecule has 4 heterocycles. The molecule has 8 rings (SSSR count). The predicted octanol–water partition coefficient (Wildman–Crippen LogP) is 8.43. The predicted molar refractivity (Wildman–Crippen MR) is 153 cm³/mol. The van der Waals surface area contributed by atoms with Gasteiger partial charge >= 0.3 is 0 Å². The normalized spacial score (nSPS) is 13.9. The molecule has 0 atom stereocenters. The number of nitrogens with zero attached hydrogens (tertiary/aromatic N) is 3. The van der Waals surface area contributed by atoms with Crippen molar-refractivity contribution in [3.8, 4) is 22.6 Å². The van der Waals surface area contributed by atoms with Crippen LogP contribution in [-0.2, 0) is 5.41 Å². The fourth-order valence-electron chi connectivity index (χ4n) is 6.41. The highest BCUT2D eigenvalue weighted by atomic mass is 15.1. The molecule has 3 nitrogen and oxygen atoms in total. The van der Waals surface area contributed by atoms with Gasteiger partial charge in [0.1, 0.15) is 0 Å². The van der Waals surface area contributed by atoms with Gasteiger partial charge in [0.05, 0.1) is 27.9 Å². The summed E-state index contributed by atoms with van der Waals surface area (Å²) in [7, 11) is 0. The summed E-state index contributed by atoms with van der Waals surface area (Å²) in [6, 6.07) is 39.4. The first-order chi connectivity index (χ1) is 18.1. The molecule has 1 aliphatic rings. The quantitative estimate of drug-likeness (QED) is 0.246. The maximum atomic E-state index is 4.59. The van der Waals surface area contributed by atoms with E-state index >= 15 is 0 Å². The molecule has 37 heavy (non-hydrogen) atoms. The highest BCUT2D eigenvalue weighted by Gasteiger charge is 2.37. The average Bonchev–Trinajstić information content (AvgIpc) is 3.56. The molecule has 0 spiro atoms. The Balaban J connectivity index is 1.50. The van der Waals surface area contributed by atoms with Gasteiger partial charge in [-0.3, -0.25) is 4.98 Å². The van der Waals surface area contributed by atoms with E-state index in [0.717, 1.165) is 16.9 Å². The number of fused-ring (bicyclic) bond motifs is 9. The second kappa shape index (κ2) is 7.21. The maximum Gasteiger partial charge on any atom is 0.0702 e. The lowest BCUT2D eigenvalue weighted by atomic mass is 9.83. The molecule has 4 aromatic carbocycles. The maximum absolute atomic E-state index is 4.59. The van der Waals surface area contributed by atoms with Crippen molar-refractivity contribution in [2.24, 2.45) is 0 Å². The Labute approximate surface area is 215 Å². The van der Waals surface area contributed by atoms with E-state index in [1.165, 1.54) is 49.7 Å². The Bertz CT molecular complexity index is 2000. The summed E-state index contributed by atoms with van der Waals surface area (Å²) < 4.78 is 4.91. The largest absolute Gasteiger partial charge is 0.312 e. The van der Waals surface area contributed by atoms with E-state index in [4.69, 9.17) is 0 Å². The monoisotopic (exact) mass is 475 g/mol. The lowest BCUT2D eigenvalue weighted by Gasteiger charge is -2.18. The minimum Gasteiger partial charge on any atom is -0.312 e. The molecule has 0 saturated heterocycles. The summed E-state index contributed by atoms with van der Waals surface area (Å²) in [5.74, 6) is 0. The van der Waals surface area contributed by atoms with Gasteiger partial charge in [0, 0.05) is 44.7 Å². The minimum atomic E-state index is -0.0443. The van der Waals surface area contributed by atoms with Crippen molar-refractivity contribution in [1.29, 1.82) is 0 Å². The summed E-state index contributed by atoms with van der Waals surface area (Å²) >= 11 is 0. The summed E-state index contributed by atoms with van der Waals surface area (Å²) in [6.45, 7) is 4.68. The number of para-hydroxylation sites is 2. The number of benzene rings is 4. The molecule has 3 heteroatoms. The molecule has 0 fully saturated rings. The van der Waals surface area contributed by atoms with E-state index in [0.29, 0.717) is 0 Å². The van der Waals surface area contributed by atoms with Crippen LogP contribution in [0.5, 0.6) is 0 Å². The Hall–Kier alpha value is -4.63. The lowest BCUT2D eigenvalue weighted by Crippen LogP contribution is -2.14. The molecule has 7 aromatic rings. The average molecular weight is 476 g/mol. The number of aromatic nitrogens is 3. The zero-order chi connectivity index (χ0) is 24.7. The van der Waals surface area contributed by atoms with Crippen LogP contribution in [0.15, 0.2) is 115 Å². The van der Waals surface area contributed by atoms with Crippen LogP contribution < -0.4 is 0 Å². The van der Waals surface area contributed by atoms with Crippen LogP contribution in [-0.4, -0.2) is 14.1 Å². The SMILES string of the molecule is CC1(C)c2ccccc2-n2c1cc1ccc3c(c4ccccc4n3-c3cccc(-c4ccccn4)c3)c12. The van der Waals surface area contributed by atoms with Gasteiger partial charge < -0.3 is 9.13 Å². The van der Waals surface area contributed by atoms with Gasteiger partial charge in [-0.05, 0) is 54.1 Å². The Kier molecular flexibility index (Phi) is 4.00. The van der Waals surface area contributed by atoms with Crippen LogP contribution >= 0.6 is 0 Å². The molecule has 0 N–H and O–H groups in total. The van der Waals surface area contributed by atoms with E-state index in [2.05, 4.69) is 125 Å². The van der Waals surface area contributed by atoms with Crippen molar-refractivity contribution in [2.45, 2.75) is 19.3 Å². The fourth-order valence-corrected chi connectivity index (χ4v) is 6.41. The Morgan fingerprint density at radius 2 is 1.51 bits per heavy atom. The first-order valence-corrected chi connectivity index (χ1v) is 12.8. The van der Waals surface area contributed by atoms with E-state index < -0.39 is 0 Å². The Morgan fingerprint density at radius 1 is 0.676 bits per heavy atom. The third-order valence-electron chi connectivity index (χ3n) is 8.12. The number of pyridine rings is 1. The van der Waals surface area contributed by atoms with Crippen LogP contribution in [0.2, 0.25) is 0 Å². The number of hydrogen-bond donors (Lipinski definition) is 0. The van der Waals surface area contributed by atoms with Gasteiger partial charge in [0.25, 0.3) is 0 Å². The van der Waals surface area contributed by atoms with Crippen LogP contribution in [0.1, 0.15) is 25.1 Å². The first-order valence-electron chi connectivity index (χ1n) is 12.8. The zero-order valence-electron chi connectivity index (χ0n) is 20.8. The standard InChI is InChI=1S/C34H25N3/c1-34(2)26-13-4-6-16-29(26)37-31(34)21-23-17-18-30-32(33(23)37)25-12-3-5-15-28(25)36(30)24-11-9-10-22(20-24)27-14-7-8-19-35-27/h3-21H,1-2H3. The molecular weight excluding hydrogens is 450 g/mol. The molecule has 0 amide bonds. The zero-order valence-corrected chi connectivity index (χ0v) is 20.8. The van der Waals surface area contributed by atoms with Crippen molar-refractivity contribution in [1.82, 2.24) is 14.1 Å². The van der Waals surface area contributed by atoms with Gasteiger partial charge in [-0.2, -0.15) is 0 Å². The van der Waals surface area contributed by atoms with Crippen LogP contribution in [0.25, 0.3) is 55.3 Å². The smallest absolute Gasteiger partial charge is 0.0702 e. The summed E-state index contributed by atoms with van der Waals surface area (Å²) in [5.41, 5.74) is 10.9. The third kappa shape index (κ3) is 2.69. The highest BCUT2D eigenvalue weighted by molar-refractivity contribution is 6.21. The van der Waals surface area contributed by atoms with Crippen molar-refractivity contribution in [3.63, 3.8) is 0 Å². The van der Waals surface area contributed by atoms with Gasteiger partial charge in [0.2, 0.25) is 0 Å². The van der Waals surface area contributed by atoms with Crippen molar-refractivity contribution in [2.75, 3.05) is 0 Å². The topological polar surface area (TPSA) is 22.8 Å². The van der Waals surface area contributed by atoms with Crippen LogP contribution in [0, 0.1) is 0 Å². The van der Waals surface area contributed by atoms with Crippen molar-refractivity contribution >= 4 is 32.7 Å². The van der Waals surface area contributed by atoms with Gasteiger partial charge in [-0.1, -0.05) is 74.5 Å². The molecule has 3 aromatic heterocycles. The Morgan fingerprint density at radius 3 is 2.41 bits per heavy atom. The van der Waals surface area contributed by atoms with Gasteiger partial charge in [0.15, 0.2) is 0 Å². The first kappa shape index (κ1) is 20.6. The summed E-state index contributed by atoms with van der Waals surface area (Å²) in [6.07, 6.45) is 1.85. The second-order valence-electron chi connectivity index (χ2n) is 10.5. The molecule has 0 unspecified atom stereocenters. The van der Waals surface area contributed by atoms with E-state index in [1.807, 2.05) is 18.3 Å². The fraction of sp³-hybridized carbons (Fsp3) is 0.0882. The summed E-state index contributed by atoms with van der Waals surface area (Å²) in [4.78, 5) is 4.59. The molecule has 1 aliphatic heterocycles. The highest BCUT2D eigenvalue weighted by Crippen LogP contribution is 2.48. The second-order valence-corrected chi connectivity index (χ2v) is 10.5. The lowest BCUT2D eigenvalue weighted by molar-refractivity contribution is 0.645. The van der Waals surface area contributed by atoms with E-state index in [-0.39, 0.29) is 5.41 Å². The van der Waals surface area contributed by atoms with Crippen molar-refractivity contribution in [3.05, 3.63) is 127 Å². The molecule has 0 aliphatic carbocycles. The van der Waals surface area contributed by atoms with Crippen LogP contribution in [0.3, 0.4) is 0 Å². The number of hydrogen-bond acceptors (Lipinski definition) is 1. The molecule has 176 valence electrons. The molecular formula is C34H25N3. The molecule has 0 saturated carbocycles.